The average Bonchev–Trinajstić information content (AvgIpc) is 3.35. The SMILES string of the molecule is O=C(Cc1ccc(NC(=O)Nc2ccccc2Cl)cc1)NC1CC1. The largest absolute Gasteiger partial charge is 0.353 e. The minimum Gasteiger partial charge on any atom is -0.353 e. The quantitative estimate of drug-likeness (QED) is 0.772. The predicted molar refractivity (Wildman–Crippen MR) is 95.4 cm³/mol. The van der Waals surface area contributed by atoms with Crippen LogP contribution >= 0.6 is 11.6 Å². The van der Waals surface area contributed by atoms with Crippen molar-refractivity contribution in [3.05, 3.63) is 59.1 Å². The van der Waals surface area contributed by atoms with Crippen molar-refractivity contribution in [3.8, 4) is 0 Å². The third kappa shape index (κ3) is 4.73. The maximum atomic E-state index is 12.0. The van der Waals surface area contributed by atoms with Gasteiger partial charge in [0.05, 0.1) is 17.1 Å². The molecule has 2 aromatic carbocycles. The van der Waals surface area contributed by atoms with Gasteiger partial charge in [-0.2, -0.15) is 0 Å². The van der Waals surface area contributed by atoms with E-state index in [1.54, 1.807) is 36.4 Å². The summed E-state index contributed by atoms with van der Waals surface area (Å²) in [6.07, 6.45) is 2.51. The Hall–Kier alpha value is -2.53. The van der Waals surface area contributed by atoms with E-state index < -0.39 is 0 Å². The maximum absolute atomic E-state index is 12.0. The molecule has 5 nitrogen and oxygen atoms in total. The first-order valence-corrected chi connectivity index (χ1v) is 8.19. The zero-order valence-corrected chi connectivity index (χ0v) is 13.8. The Morgan fingerprint density at radius 2 is 1.71 bits per heavy atom. The fraction of sp³-hybridized carbons (Fsp3) is 0.222. The number of para-hydroxylation sites is 1. The molecule has 2 aromatic rings. The van der Waals surface area contributed by atoms with Crippen LogP contribution in [0.3, 0.4) is 0 Å². The van der Waals surface area contributed by atoms with Gasteiger partial charge in [0.15, 0.2) is 0 Å². The van der Waals surface area contributed by atoms with Crippen LogP contribution in [0.25, 0.3) is 0 Å². The summed E-state index contributed by atoms with van der Waals surface area (Å²) >= 11 is 6.00. The zero-order chi connectivity index (χ0) is 16.9. The molecule has 0 spiro atoms. The second-order valence-corrected chi connectivity index (χ2v) is 6.18. The number of hydrogen-bond acceptors (Lipinski definition) is 2. The second-order valence-electron chi connectivity index (χ2n) is 5.77. The van der Waals surface area contributed by atoms with Crippen LogP contribution in [0.4, 0.5) is 16.2 Å². The summed E-state index contributed by atoms with van der Waals surface area (Å²) in [6.45, 7) is 0. The minimum absolute atomic E-state index is 0.0367. The molecule has 1 saturated carbocycles. The molecule has 1 aliphatic carbocycles. The number of anilines is 2. The number of hydrogen-bond donors (Lipinski definition) is 3. The van der Waals surface area contributed by atoms with Crippen LogP contribution in [0.5, 0.6) is 0 Å². The van der Waals surface area contributed by atoms with Gasteiger partial charge in [0.2, 0.25) is 5.91 Å². The Bertz CT molecular complexity index is 742. The summed E-state index contributed by atoms with van der Waals surface area (Å²) in [5.41, 5.74) is 2.10. The third-order valence-corrected chi connectivity index (χ3v) is 3.97. The molecule has 1 aliphatic rings. The van der Waals surface area contributed by atoms with Gasteiger partial charge in [-0.3, -0.25) is 4.79 Å². The van der Waals surface area contributed by atoms with Crippen molar-refractivity contribution in [2.24, 2.45) is 0 Å². The van der Waals surface area contributed by atoms with Gasteiger partial charge in [-0.15, -0.1) is 0 Å². The molecule has 3 amide bonds. The number of urea groups is 1. The first-order valence-electron chi connectivity index (χ1n) is 7.81. The fourth-order valence-electron chi connectivity index (χ4n) is 2.24. The van der Waals surface area contributed by atoms with Gasteiger partial charge in [-0.25, -0.2) is 4.79 Å². The van der Waals surface area contributed by atoms with Gasteiger partial charge in [-0.05, 0) is 42.7 Å². The summed E-state index contributed by atoms with van der Waals surface area (Å²) in [7, 11) is 0. The molecule has 0 unspecified atom stereocenters. The van der Waals surface area contributed by atoms with Crippen LogP contribution in [0.1, 0.15) is 18.4 Å². The summed E-state index contributed by atoms with van der Waals surface area (Å²) in [6, 6.07) is 14.2. The summed E-state index contributed by atoms with van der Waals surface area (Å²) in [4.78, 5) is 23.7. The van der Waals surface area contributed by atoms with E-state index in [9.17, 15) is 9.59 Å². The lowest BCUT2D eigenvalue weighted by molar-refractivity contribution is -0.120. The standard InChI is InChI=1S/C18H18ClN3O2/c19-15-3-1-2-4-16(15)22-18(24)21-14-7-5-12(6-8-14)11-17(23)20-13-9-10-13/h1-8,13H,9-11H2,(H,20,23)(H2,21,22,24). The normalized spacial score (nSPS) is 13.2. The summed E-state index contributed by atoms with van der Waals surface area (Å²) in [5.74, 6) is 0.0367. The zero-order valence-electron chi connectivity index (χ0n) is 13.0. The van der Waals surface area contributed by atoms with E-state index >= 15 is 0 Å². The number of amides is 3. The Kier molecular flexibility index (Phi) is 5.01. The highest BCUT2D eigenvalue weighted by Crippen LogP contribution is 2.21. The Balaban J connectivity index is 1.52. The Morgan fingerprint density at radius 1 is 1.00 bits per heavy atom. The van der Waals surface area contributed by atoms with Crippen molar-refractivity contribution < 1.29 is 9.59 Å². The molecular formula is C18H18ClN3O2. The van der Waals surface area contributed by atoms with Crippen molar-refractivity contribution >= 4 is 34.9 Å². The van der Waals surface area contributed by atoms with Crippen molar-refractivity contribution in [1.29, 1.82) is 0 Å². The van der Waals surface area contributed by atoms with E-state index in [2.05, 4.69) is 16.0 Å². The predicted octanol–water partition coefficient (Wildman–Crippen LogP) is 3.81. The molecule has 0 aromatic heterocycles. The van der Waals surface area contributed by atoms with Crippen LogP contribution in [0, 0.1) is 0 Å². The molecule has 1 fully saturated rings. The van der Waals surface area contributed by atoms with Crippen LogP contribution in [-0.2, 0) is 11.2 Å². The molecule has 0 aliphatic heterocycles. The number of benzene rings is 2. The number of carbonyl (C=O) groups is 2. The van der Waals surface area contributed by atoms with Gasteiger partial charge in [0.1, 0.15) is 0 Å². The van der Waals surface area contributed by atoms with Crippen molar-refractivity contribution in [3.63, 3.8) is 0 Å². The highest BCUT2D eigenvalue weighted by atomic mass is 35.5. The van der Waals surface area contributed by atoms with Gasteiger partial charge in [0.25, 0.3) is 0 Å². The molecule has 24 heavy (non-hydrogen) atoms. The van der Waals surface area contributed by atoms with Crippen molar-refractivity contribution in [2.75, 3.05) is 10.6 Å². The highest BCUT2D eigenvalue weighted by molar-refractivity contribution is 6.33. The topological polar surface area (TPSA) is 70.2 Å². The molecule has 0 heterocycles. The van der Waals surface area contributed by atoms with Crippen molar-refractivity contribution in [2.45, 2.75) is 25.3 Å². The monoisotopic (exact) mass is 343 g/mol. The number of carbonyl (C=O) groups excluding carboxylic acids is 2. The fourth-order valence-corrected chi connectivity index (χ4v) is 2.43. The molecular weight excluding hydrogens is 326 g/mol. The molecule has 0 atom stereocenters. The van der Waals surface area contributed by atoms with Gasteiger partial charge >= 0.3 is 6.03 Å². The molecule has 0 bridgehead atoms. The number of rotatable bonds is 5. The van der Waals surface area contributed by atoms with Gasteiger partial charge in [0, 0.05) is 11.7 Å². The second kappa shape index (κ2) is 7.36. The molecule has 0 radical (unpaired) electrons. The molecule has 0 saturated heterocycles. The lowest BCUT2D eigenvalue weighted by Crippen LogP contribution is -2.26. The van der Waals surface area contributed by atoms with E-state index in [4.69, 9.17) is 11.6 Å². The van der Waals surface area contributed by atoms with E-state index in [0.717, 1.165) is 18.4 Å². The number of halogens is 1. The number of nitrogens with one attached hydrogen (secondary N) is 3. The van der Waals surface area contributed by atoms with Gasteiger partial charge in [-0.1, -0.05) is 35.9 Å². The third-order valence-electron chi connectivity index (χ3n) is 3.64. The maximum Gasteiger partial charge on any atom is 0.323 e. The average molecular weight is 344 g/mol. The lowest BCUT2D eigenvalue weighted by Gasteiger charge is -2.09. The minimum atomic E-state index is -0.373. The molecule has 124 valence electrons. The highest BCUT2D eigenvalue weighted by Gasteiger charge is 2.23. The van der Waals surface area contributed by atoms with E-state index in [1.165, 1.54) is 0 Å². The first kappa shape index (κ1) is 16.3. The molecule has 3 N–H and O–H groups in total. The van der Waals surface area contributed by atoms with E-state index in [1.807, 2.05) is 12.1 Å². The van der Waals surface area contributed by atoms with Crippen LogP contribution in [0.2, 0.25) is 5.02 Å². The molecule has 3 rings (SSSR count). The van der Waals surface area contributed by atoms with Crippen LogP contribution in [0.15, 0.2) is 48.5 Å². The first-order chi connectivity index (χ1) is 11.6. The van der Waals surface area contributed by atoms with Crippen LogP contribution < -0.4 is 16.0 Å². The Labute approximate surface area is 145 Å². The van der Waals surface area contributed by atoms with E-state index in [-0.39, 0.29) is 11.9 Å². The van der Waals surface area contributed by atoms with Crippen LogP contribution in [-0.4, -0.2) is 18.0 Å². The lowest BCUT2D eigenvalue weighted by atomic mass is 10.1. The summed E-state index contributed by atoms with van der Waals surface area (Å²) < 4.78 is 0. The molecule has 6 heteroatoms. The van der Waals surface area contributed by atoms with Crippen molar-refractivity contribution in [1.82, 2.24) is 5.32 Å². The Morgan fingerprint density at radius 3 is 2.38 bits per heavy atom. The smallest absolute Gasteiger partial charge is 0.323 e. The van der Waals surface area contributed by atoms with Gasteiger partial charge < -0.3 is 16.0 Å². The van der Waals surface area contributed by atoms with E-state index in [0.29, 0.717) is 28.9 Å². The summed E-state index contributed by atoms with van der Waals surface area (Å²) in [5, 5.41) is 8.85.